The minimum Gasteiger partial charge on any atom is -0.508 e. The number of hydrogen-bond donors (Lipinski definition) is 3. The first-order valence-electron chi connectivity index (χ1n) is 10.5. The second-order valence-electron chi connectivity index (χ2n) is 8.13. The molecule has 2 unspecified atom stereocenters. The maximum Gasteiger partial charge on any atom is 0.341 e. The molecular weight excluding hydrogens is 444 g/mol. The first-order valence-corrected chi connectivity index (χ1v) is 10.5. The van der Waals surface area contributed by atoms with Gasteiger partial charge in [0.25, 0.3) is 5.79 Å². The van der Waals surface area contributed by atoms with E-state index < -0.39 is 35.4 Å². The molecule has 176 valence electrons. The Balaban J connectivity index is 1.48. The molecule has 2 aromatic carbocycles. The minimum atomic E-state index is -1.86. The van der Waals surface area contributed by atoms with Gasteiger partial charge in [-0.05, 0) is 54.0 Å². The maximum atomic E-state index is 12.5. The van der Waals surface area contributed by atoms with E-state index >= 15 is 0 Å². The van der Waals surface area contributed by atoms with Crippen LogP contribution in [-0.2, 0) is 28.6 Å². The Bertz CT molecular complexity index is 1150. The van der Waals surface area contributed by atoms with Gasteiger partial charge in [-0.2, -0.15) is 0 Å². The average molecular weight is 466 g/mol. The lowest BCUT2D eigenvalue weighted by atomic mass is 9.76. The van der Waals surface area contributed by atoms with E-state index in [9.17, 15) is 29.7 Å². The summed E-state index contributed by atoms with van der Waals surface area (Å²) in [6.45, 7) is 0. The van der Waals surface area contributed by atoms with E-state index in [-0.39, 0.29) is 30.8 Å². The Morgan fingerprint density at radius 2 is 1.41 bits per heavy atom. The van der Waals surface area contributed by atoms with Gasteiger partial charge in [0, 0.05) is 25.0 Å². The Kier molecular flexibility index (Phi) is 6.12. The molecule has 5 rings (SSSR count). The maximum absolute atomic E-state index is 12.5. The fourth-order valence-electron chi connectivity index (χ4n) is 3.81. The molecule has 2 aromatic rings. The molecule has 3 atom stereocenters. The number of ether oxygens (including phenoxy) is 3. The summed E-state index contributed by atoms with van der Waals surface area (Å²) in [6, 6.07) is 12.2. The van der Waals surface area contributed by atoms with Crippen molar-refractivity contribution in [3.63, 3.8) is 0 Å². The van der Waals surface area contributed by atoms with E-state index in [1.165, 1.54) is 36.4 Å². The van der Waals surface area contributed by atoms with Crippen LogP contribution in [0, 0.1) is 0 Å². The second-order valence-corrected chi connectivity index (χ2v) is 8.13. The highest BCUT2D eigenvalue weighted by Gasteiger charge is 2.65. The lowest BCUT2D eigenvalue weighted by Gasteiger charge is -2.51. The summed E-state index contributed by atoms with van der Waals surface area (Å²) in [5, 5.41) is 29.2. The SMILES string of the molecule is O=C(/C=C/c1ccc(O)cc1)OC1C[C@]2(O)CCC1(OC(=O)/C=C/c1ccc(O)cc1)OC2=O. The van der Waals surface area contributed by atoms with Gasteiger partial charge in [0.05, 0.1) is 0 Å². The zero-order valence-electron chi connectivity index (χ0n) is 17.9. The highest BCUT2D eigenvalue weighted by atomic mass is 16.8. The molecule has 0 aromatic heterocycles. The van der Waals surface area contributed by atoms with E-state index in [1.54, 1.807) is 24.3 Å². The number of esters is 3. The zero-order chi connectivity index (χ0) is 24.3. The molecule has 9 nitrogen and oxygen atoms in total. The molecule has 2 bridgehead atoms. The molecule has 1 saturated carbocycles. The number of carbonyl (C=O) groups excluding carboxylic acids is 3. The summed E-state index contributed by atoms with van der Waals surface area (Å²) in [7, 11) is 0. The molecule has 3 N–H and O–H groups in total. The van der Waals surface area contributed by atoms with Crippen LogP contribution in [0.15, 0.2) is 60.7 Å². The van der Waals surface area contributed by atoms with Crippen LogP contribution in [0.25, 0.3) is 12.2 Å². The molecular formula is C25H22O9. The molecule has 0 radical (unpaired) electrons. The summed E-state index contributed by atoms with van der Waals surface area (Å²) in [6.07, 6.45) is 3.61. The van der Waals surface area contributed by atoms with Crippen LogP contribution in [0.3, 0.4) is 0 Å². The molecule has 3 fully saturated rings. The third-order valence-corrected chi connectivity index (χ3v) is 5.69. The first kappa shape index (κ1) is 23.1. The van der Waals surface area contributed by atoms with Crippen molar-refractivity contribution in [1.82, 2.24) is 0 Å². The molecule has 2 heterocycles. The van der Waals surface area contributed by atoms with Gasteiger partial charge in [0.1, 0.15) is 11.5 Å². The van der Waals surface area contributed by atoms with Crippen LogP contribution in [0.1, 0.15) is 30.4 Å². The van der Waals surface area contributed by atoms with Crippen molar-refractivity contribution < 1.29 is 43.9 Å². The first-order chi connectivity index (χ1) is 16.2. The summed E-state index contributed by atoms with van der Waals surface area (Å²) >= 11 is 0. The third-order valence-electron chi connectivity index (χ3n) is 5.69. The number of benzene rings is 2. The summed E-state index contributed by atoms with van der Waals surface area (Å²) in [5.74, 6) is -4.28. The van der Waals surface area contributed by atoms with Crippen molar-refractivity contribution in [2.45, 2.75) is 36.8 Å². The molecule has 2 aliphatic heterocycles. The molecule has 2 saturated heterocycles. The molecule has 3 aliphatic rings. The van der Waals surface area contributed by atoms with E-state index in [4.69, 9.17) is 14.2 Å². The Morgan fingerprint density at radius 1 is 0.882 bits per heavy atom. The molecule has 0 spiro atoms. The van der Waals surface area contributed by atoms with Crippen LogP contribution in [0.4, 0.5) is 0 Å². The van der Waals surface area contributed by atoms with Crippen molar-refractivity contribution in [2.24, 2.45) is 0 Å². The fraction of sp³-hybridized carbons (Fsp3) is 0.240. The van der Waals surface area contributed by atoms with Gasteiger partial charge in [0.15, 0.2) is 11.7 Å². The van der Waals surface area contributed by atoms with Crippen LogP contribution in [0.2, 0.25) is 0 Å². The quantitative estimate of drug-likeness (QED) is 0.433. The number of rotatable bonds is 6. The second kappa shape index (κ2) is 9.03. The monoisotopic (exact) mass is 466 g/mol. The van der Waals surface area contributed by atoms with Crippen LogP contribution in [-0.4, -0.2) is 50.7 Å². The van der Waals surface area contributed by atoms with Gasteiger partial charge in [0.2, 0.25) is 0 Å². The Hall–Kier alpha value is -4.11. The lowest BCUT2D eigenvalue weighted by molar-refractivity contribution is -0.319. The number of aromatic hydroxyl groups is 2. The highest BCUT2D eigenvalue weighted by Crippen LogP contribution is 2.46. The van der Waals surface area contributed by atoms with E-state index in [2.05, 4.69) is 0 Å². The average Bonchev–Trinajstić information content (AvgIpc) is 2.80. The van der Waals surface area contributed by atoms with Crippen molar-refractivity contribution in [3.8, 4) is 11.5 Å². The fourth-order valence-corrected chi connectivity index (χ4v) is 3.81. The predicted molar refractivity (Wildman–Crippen MR) is 118 cm³/mol. The van der Waals surface area contributed by atoms with Crippen molar-refractivity contribution in [2.75, 3.05) is 0 Å². The number of carbonyl (C=O) groups is 3. The number of phenols is 2. The zero-order valence-corrected chi connectivity index (χ0v) is 17.9. The molecule has 9 heteroatoms. The number of aliphatic hydroxyl groups is 1. The van der Waals surface area contributed by atoms with E-state index in [0.29, 0.717) is 11.1 Å². The number of fused-ring (bicyclic) bond motifs is 3. The Labute approximate surface area is 194 Å². The predicted octanol–water partition coefficient (Wildman–Crippen LogP) is 2.45. The van der Waals surface area contributed by atoms with Gasteiger partial charge < -0.3 is 29.5 Å². The standard InChI is InChI=1S/C25H22O9/c26-18-7-1-16(2-8-18)5-11-21(28)32-20-15-24(31)13-14-25(20,34-23(24)30)33-22(29)12-6-17-3-9-19(27)10-4-17/h1-12,20,26-27,31H,13-15H2/b11-5+,12-6+/t20?,24-,25?/m1/s1. The molecule has 0 amide bonds. The van der Waals surface area contributed by atoms with Gasteiger partial charge in [-0.1, -0.05) is 24.3 Å². The van der Waals surface area contributed by atoms with Crippen molar-refractivity contribution >= 4 is 30.1 Å². The highest BCUT2D eigenvalue weighted by molar-refractivity contribution is 5.89. The van der Waals surface area contributed by atoms with Gasteiger partial charge in [-0.25, -0.2) is 14.4 Å². The minimum absolute atomic E-state index is 0.0157. The largest absolute Gasteiger partial charge is 0.508 e. The van der Waals surface area contributed by atoms with E-state index in [1.807, 2.05) is 0 Å². The van der Waals surface area contributed by atoms with Crippen molar-refractivity contribution in [1.29, 1.82) is 0 Å². The topological polar surface area (TPSA) is 140 Å². The number of phenolic OH excluding ortho intramolecular Hbond substituents is 2. The van der Waals surface area contributed by atoms with Gasteiger partial charge >= 0.3 is 17.9 Å². The number of hydrogen-bond acceptors (Lipinski definition) is 9. The molecule has 1 aliphatic carbocycles. The normalized spacial score (nSPS) is 25.9. The third kappa shape index (κ3) is 4.94. The van der Waals surface area contributed by atoms with Gasteiger partial charge in [-0.15, -0.1) is 0 Å². The van der Waals surface area contributed by atoms with Crippen LogP contribution in [0.5, 0.6) is 11.5 Å². The van der Waals surface area contributed by atoms with Crippen LogP contribution >= 0.6 is 0 Å². The van der Waals surface area contributed by atoms with Crippen molar-refractivity contribution in [3.05, 3.63) is 71.8 Å². The van der Waals surface area contributed by atoms with E-state index in [0.717, 1.165) is 12.2 Å². The summed E-state index contributed by atoms with van der Waals surface area (Å²) in [4.78, 5) is 37.2. The Morgan fingerprint density at radius 3 is 1.94 bits per heavy atom. The van der Waals surface area contributed by atoms with Crippen LogP contribution < -0.4 is 0 Å². The summed E-state index contributed by atoms with van der Waals surface area (Å²) in [5.41, 5.74) is -0.583. The smallest absolute Gasteiger partial charge is 0.341 e. The lowest BCUT2D eigenvalue weighted by Crippen LogP contribution is -2.67. The van der Waals surface area contributed by atoms with Gasteiger partial charge in [-0.3, -0.25) is 0 Å². The molecule has 34 heavy (non-hydrogen) atoms. The summed E-state index contributed by atoms with van der Waals surface area (Å²) < 4.78 is 16.2.